The van der Waals surface area contributed by atoms with Crippen molar-refractivity contribution in [2.75, 3.05) is 47.9 Å². The maximum absolute atomic E-state index is 13.3. The molecule has 0 aromatic heterocycles. The second kappa shape index (κ2) is 13.0. The first-order valence-corrected chi connectivity index (χ1v) is 12.0. The number of hydrogen-bond donors (Lipinski definition) is 2. The molecule has 0 aromatic carbocycles. The standard InChI is InChI=1S/C24H38FN5O6/c1-7-15(25)11-9-10-12-26-20(32)18-19(31)22(33)30-16(8-2)13-36-14-17(21(30)29(18)6)28(5)24(35)23(34)27(3)4/h7,9,11,16-18,21,24,35H,8,10,12-14H2,1-6H3,(H,26,32). The van der Waals surface area contributed by atoms with E-state index in [1.54, 1.807) is 20.0 Å². The van der Waals surface area contributed by atoms with Gasteiger partial charge < -0.3 is 25.0 Å². The molecule has 0 saturated carbocycles. The van der Waals surface area contributed by atoms with Crippen LogP contribution in [0.4, 0.5) is 4.39 Å². The Bertz CT molecular complexity index is 894. The molecule has 2 rings (SSSR count). The molecular formula is C24H38FN5O6. The number of carbonyl (C=O) groups excluding carboxylic acids is 4. The maximum atomic E-state index is 13.3. The van der Waals surface area contributed by atoms with Crippen molar-refractivity contribution in [3.63, 3.8) is 0 Å². The maximum Gasteiger partial charge on any atom is 0.293 e. The lowest BCUT2D eigenvalue weighted by molar-refractivity contribution is -0.173. The van der Waals surface area contributed by atoms with Gasteiger partial charge in [-0.05, 0) is 39.9 Å². The van der Waals surface area contributed by atoms with Crippen LogP contribution in [0, 0.1) is 0 Å². The molecule has 202 valence electrons. The normalized spacial score (nSPS) is 26.7. The fourth-order valence-electron chi connectivity index (χ4n) is 4.43. The zero-order chi connectivity index (χ0) is 27.2. The number of ether oxygens (including phenoxy) is 1. The van der Waals surface area contributed by atoms with Crippen LogP contribution >= 0.6 is 0 Å². The molecule has 2 aliphatic rings. The van der Waals surface area contributed by atoms with E-state index in [0.29, 0.717) is 12.8 Å². The molecule has 36 heavy (non-hydrogen) atoms. The number of nitrogens with zero attached hydrogens (tertiary/aromatic N) is 4. The number of rotatable bonds is 9. The van der Waals surface area contributed by atoms with Gasteiger partial charge in [0.1, 0.15) is 12.0 Å². The van der Waals surface area contributed by atoms with Crippen molar-refractivity contribution >= 4 is 23.5 Å². The number of Topliss-reactive ketones (excluding diaryl/α,β-unsaturated/α-hetero) is 1. The zero-order valence-corrected chi connectivity index (χ0v) is 21.8. The molecule has 2 aliphatic heterocycles. The van der Waals surface area contributed by atoms with Gasteiger partial charge in [-0.25, -0.2) is 4.39 Å². The molecule has 0 spiro atoms. The van der Waals surface area contributed by atoms with E-state index < -0.39 is 59.9 Å². The summed E-state index contributed by atoms with van der Waals surface area (Å²) in [6, 6.07) is -2.54. The van der Waals surface area contributed by atoms with Gasteiger partial charge in [0.15, 0.2) is 12.3 Å². The van der Waals surface area contributed by atoms with Crippen molar-refractivity contribution in [2.24, 2.45) is 0 Å². The summed E-state index contributed by atoms with van der Waals surface area (Å²) in [6.45, 7) is 3.81. The summed E-state index contributed by atoms with van der Waals surface area (Å²) in [7, 11) is 6.12. The highest BCUT2D eigenvalue weighted by molar-refractivity contribution is 6.42. The van der Waals surface area contributed by atoms with E-state index in [2.05, 4.69) is 5.32 Å². The lowest BCUT2D eigenvalue weighted by atomic mass is 9.97. The van der Waals surface area contributed by atoms with Crippen LogP contribution in [0.1, 0.15) is 26.7 Å². The van der Waals surface area contributed by atoms with Gasteiger partial charge in [0, 0.05) is 20.6 Å². The second-order valence-electron chi connectivity index (χ2n) is 9.15. The first-order valence-electron chi connectivity index (χ1n) is 12.0. The molecule has 5 unspecified atom stereocenters. The third-order valence-corrected chi connectivity index (χ3v) is 6.59. The molecule has 0 aliphatic carbocycles. The highest BCUT2D eigenvalue weighted by Gasteiger charge is 2.54. The Balaban J connectivity index is 2.33. The van der Waals surface area contributed by atoms with E-state index in [4.69, 9.17) is 4.74 Å². The molecule has 0 radical (unpaired) electrons. The van der Waals surface area contributed by atoms with Crippen molar-refractivity contribution in [3.8, 4) is 0 Å². The van der Waals surface area contributed by atoms with Crippen LogP contribution < -0.4 is 5.32 Å². The third kappa shape index (κ3) is 6.36. The highest BCUT2D eigenvalue weighted by Crippen LogP contribution is 2.29. The minimum absolute atomic E-state index is 0.0629. The number of halogens is 1. The summed E-state index contributed by atoms with van der Waals surface area (Å²) < 4.78 is 19.0. The van der Waals surface area contributed by atoms with Crippen LogP contribution in [-0.2, 0) is 23.9 Å². The van der Waals surface area contributed by atoms with E-state index in [9.17, 15) is 28.7 Å². The predicted octanol–water partition coefficient (Wildman–Crippen LogP) is -0.524. The fourth-order valence-corrected chi connectivity index (χ4v) is 4.43. The van der Waals surface area contributed by atoms with Gasteiger partial charge in [-0.2, -0.15) is 0 Å². The molecule has 12 heteroatoms. The number of amides is 3. The molecule has 3 amide bonds. The monoisotopic (exact) mass is 511 g/mol. The van der Waals surface area contributed by atoms with Crippen molar-refractivity contribution in [1.82, 2.24) is 24.9 Å². The Kier molecular flexibility index (Phi) is 10.7. The molecule has 0 bridgehead atoms. The second-order valence-corrected chi connectivity index (χ2v) is 9.15. The fraction of sp³-hybridized carbons (Fsp3) is 0.667. The van der Waals surface area contributed by atoms with Gasteiger partial charge >= 0.3 is 0 Å². The van der Waals surface area contributed by atoms with Gasteiger partial charge in [0.25, 0.3) is 11.8 Å². The number of ketones is 1. The van der Waals surface area contributed by atoms with E-state index in [-0.39, 0.29) is 19.8 Å². The minimum atomic E-state index is -1.52. The number of allylic oxidation sites excluding steroid dienone is 3. The third-order valence-electron chi connectivity index (χ3n) is 6.59. The number of fused-ring (bicyclic) bond motifs is 1. The van der Waals surface area contributed by atoms with Gasteiger partial charge in [0.05, 0.1) is 25.3 Å². The molecule has 0 aromatic rings. The lowest BCUT2D eigenvalue weighted by Gasteiger charge is -2.50. The largest absolute Gasteiger partial charge is 0.378 e. The Labute approximate surface area is 211 Å². The summed E-state index contributed by atoms with van der Waals surface area (Å²) in [5.74, 6) is -3.29. The zero-order valence-electron chi connectivity index (χ0n) is 21.8. The van der Waals surface area contributed by atoms with E-state index in [1.807, 2.05) is 6.92 Å². The molecule has 2 N–H and O–H groups in total. The molecule has 2 fully saturated rings. The average molecular weight is 512 g/mol. The molecule has 5 atom stereocenters. The van der Waals surface area contributed by atoms with E-state index in [0.717, 1.165) is 0 Å². The quantitative estimate of drug-likeness (QED) is 0.139. The van der Waals surface area contributed by atoms with Crippen molar-refractivity contribution < 1.29 is 33.4 Å². The summed E-state index contributed by atoms with van der Waals surface area (Å²) in [4.78, 5) is 57.4. The Morgan fingerprint density at radius 2 is 1.94 bits per heavy atom. The van der Waals surface area contributed by atoms with Crippen LogP contribution in [-0.4, -0.2) is 127 Å². The Hall–Kier alpha value is -2.67. The molecule has 2 heterocycles. The van der Waals surface area contributed by atoms with Crippen LogP contribution in [0.5, 0.6) is 0 Å². The number of hydrogen-bond acceptors (Lipinski definition) is 8. The Morgan fingerprint density at radius 1 is 1.28 bits per heavy atom. The highest BCUT2D eigenvalue weighted by atomic mass is 19.1. The topological polar surface area (TPSA) is 123 Å². The van der Waals surface area contributed by atoms with Gasteiger partial charge in [-0.15, -0.1) is 0 Å². The van der Waals surface area contributed by atoms with Gasteiger partial charge in [-0.3, -0.25) is 29.0 Å². The van der Waals surface area contributed by atoms with Gasteiger partial charge in [-0.1, -0.05) is 19.1 Å². The van der Waals surface area contributed by atoms with E-state index in [1.165, 1.54) is 52.9 Å². The summed E-state index contributed by atoms with van der Waals surface area (Å²) >= 11 is 0. The first kappa shape index (κ1) is 29.6. The smallest absolute Gasteiger partial charge is 0.293 e. The first-order chi connectivity index (χ1) is 17.0. The van der Waals surface area contributed by atoms with Crippen molar-refractivity contribution in [1.29, 1.82) is 0 Å². The number of likely N-dealkylation sites (N-methyl/N-ethyl adjacent to an activating group) is 3. The minimum Gasteiger partial charge on any atom is -0.378 e. The van der Waals surface area contributed by atoms with Crippen molar-refractivity contribution in [3.05, 3.63) is 24.1 Å². The van der Waals surface area contributed by atoms with Gasteiger partial charge in [0.2, 0.25) is 11.7 Å². The van der Waals surface area contributed by atoms with Crippen LogP contribution in [0.3, 0.4) is 0 Å². The number of aliphatic hydroxyl groups excluding tert-OH is 1. The summed E-state index contributed by atoms with van der Waals surface area (Å²) in [5.41, 5.74) is 0. The van der Waals surface area contributed by atoms with Crippen LogP contribution in [0.2, 0.25) is 0 Å². The number of carbonyl (C=O) groups is 4. The summed E-state index contributed by atoms with van der Waals surface area (Å²) in [6.07, 6.45) is 2.63. The molecule has 2 saturated heterocycles. The number of aliphatic hydroxyl groups is 1. The number of nitrogens with one attached hydrogen (secondary N) is 1. The van der Waals surface area contributed by atoms with Crippen molar-refractivity contribution in [2.45, 2.75) is 57.2 Å². The Morgan fingerprint density at radius 3 is 2.53 bits per heavy atom. The SMILES string of the molecule is CC=C(F)C=CCCNC(=O)C1C(=O)C(=O)N2C(CC)COCC(N(C)C(O)C(=O)N(C)C)C2N1C. The van der Waals surface area contributed by atoms with Crippen LogP contribution in [0.15, 0.2) is 24.1 Å². The lowest BCUT2D eigenvalue weighted by Crippen LogP contribution is -2.74. The average Bonchev–Trinajstić information content (AvgIpc) is 3.05. The summed E-state index contributed by atoms with van der Waals surface area (Å²) in [5, 5.41) is 13.3. The molecular weight excluding hydrogens is 473 g/mol. The van der Waals surface area contributed by atoms with E-state index >= 15 is 0 Å². The molecule has 11 nitrogen and oxygen atoms in total. The predicted molar refractivity (Wildman–Crippen MR) is 130 cm³/mol. The van der Waals surface area contributed by atoms with Crippen LogP contribution in [0.25, 0.3) is 0 Å².